The minimum atomic E-state index is -0.845. The van der Waals surface area contributed by atoms with Crippen LogP contribution in [0.3, 0.4) is 0 Å². The zero-order valence-electron chi connectivity index (χ0n) is 11.0. The number of amides is 1. The van der Waals surface area contributed by atoms with Crippen LogP contribution in [0.2, 0.25) is 4.34 Å². The van der Waals surface area contributed by atoms with Crippen LogP contribution in [0.5, 0.6) is 0 Å². The number of hydrogen-bond donors (Lipinski definition) is 1. The molecule has 0 bridgehead atoms. The van der Waals surface area contributed by atoms with Crippen LogP contribution >= 0.6 is 45.5 Å². The molecule has 1 spiro atoms. The van der Waals surface area contributed by atoms with E-state index in [1.54, 1.807) is 11.3 Å². The number of fused-ring (bicyclic) bond motifs is 2. The Morgan fingerprint density at radius 3 is 3.05 bits per heavy atom. The first-order valence-corrected chi connectivity index (χ1v) is 8.82. The van der Waals surface area contributed by atoms with Gasteiger partial charge in [0.25, 0.3) is 0 Å². The van der Waals surface area contributed by atoms with Gasteiger partial charge in [-0.3, -0.25) is 0 Å². The summed E-state index contributed by atoms with van der Waals surface area (Å²) < 4.78 is 8.10. The third-order valence-electron chi connectivity index (χ3n) is 4.21. The van der Waals surface area contributed by atoms with Crippen LogP contribution in [0.1, 0.15) is 30.2 Å². The van der Waals surface area contributed by atoms with Crippen molar-refractivity contribution in [2.45, 2.75) is 37.8 Å². The molecule has 1 aromatic heterocycles. The fourth-order valence-electron chi connectivity index (χ4n) is 3.25. The molecule has 3 rings (SSSR count). The van der Waals surface area contributed by atoms with E-state index in [1.165, 1.54) is 15.3 Å². The maximum atomic E-state index is 11.2. The second kappa shape index (κ2) is 5.30. The Balaban J connectivity index is 1.96. The highest BCUT2D eigenvalue weighted by molar-refractivity contribution is 14.1. The molecule has 7 heteroatoms. The summed E-state index contributed by atoms with van der Waals surface area (Å²) >= 11 is 10.2. The van der Waals surface area contributed by atoms with Gasteiger partial charge in [0.2, 0.25) is 0 Å². The smallest absolute Gasteiger partial charge is 0.407 e. The van der Waals surface area contributed by atoms with Crippen LogP contribution < -0.4 is 0 Å². The number of rotatable bonds is 0. The molecule has 1 fully saturated rings. The molecule has 2 aliphatic rings. The average Bonchev–Trinajstić information content (AvgIpc) is 2.68. The van der Waals surface area contributed by atoms with Crippen LogP contribution in [-0.2, 0) is 16.8 Å². The van der Waals surface area contributed by atoms with Gasteiger partial charge in [-0.25, -0.2) is 4.79 Å². The summed E-state index contributed by atoms with van der Waals surface area (Å²) in [7, 11) is 0. The van der Waals surface area contributed by atoms with Crippen molar-refractivity contribution in [1.29, 1.82) is 0 Å². The first-order chi connectivity index (χ1) is 9.44. The monoisotopic (exact) mass is 427 g/mol. The van der Waals surface area contributed by atoms with Gasteiger partial charge in [-0.05, 0) is 47.9 Å². The summed E-state index contributed by atoms with van der Waals surface area (Å²) in [6.07, 6.45) is 1.47. The van der Waals surface area contributed by atoms with Crippen molar-refractivity contribution < 1.29 is 14.6 Å². The average molecular weight is 428 g/mol. The molecule has 1 unspecified atom stereocenters. The summed E-state index contributed by atoms with van der Waals surface area (Å²) in [6, 6.07) is -0.0364. The van der Waals surface area contributed by atoms with Crippen molar-refractivity contribution in [3.05, 3.63) is 18.3 Å². The van der Waals surface area contributed by atoms with E-state index >= 15 is 0 Å². The summed E-state index contributed by atoms with van der Waals surface area (Å²) in [5, 5.41) is 9.20. The molecule has 1 aromatic rings. The normalized spacial score (nSPS) is 29.6. The molecule has 0 saturated carbocycles. The second-order valence-corrected chi connectivity index (χ2v) is 8.07. The first kappa shape index (κ1) is 14.9. The molecule has 0 aliphatic carbocycles. The largest absolute Gasteiger partial charge is 0.465 e. The molecular weight excluding hydrogens is 413 g/mol. The number of hydrogen-bond acceptors (Lipinski definition) is 3. The number of likely N-dealkylation sites (tertiary alicyclic amines) is 1. The van der Waals surface area contributed by atoms with Gasteiger partial charge in [-0.15, -0.1) is 11.3 Å². The Morgan fingerprint density at radius 1 is 1.65 bits per heavy atom. The van der Waals surface area contributed by atoms with Gasteiger partial charge in [0.1, 0.15) is 9.94 Å². The molecule has 1 amide bonds. The number of halogens is 2. The lowest BCUT2D eigenvalue weighted by atomic mass is 9.82. The Bertz CT molecular complexity index is 564. The summed E-state index contributed by atoms with van der Waals surface area (Å²) in [5.41, 5.74) is 0.972. The molecule has 1 N–H and O–H groups in total. The van der Waals surface area contributed by atoms with Crippen LogP contribution in [-0.4, -0.2) is 35.3 Å². The molecule has 1 saturated heterocycles. The zero-order chi connectivity index (χ0) is 14.5. The Hall–Kier alpha value is -0.0500. The maximum absolute atomic E-state index is 11.2. The molecule has 4 nitrogen and oxygen atoms in total. The van der Waals surface area contributed by atoms with Gasteiger partial charge in [-0.1, -0.05) is 11.6 Å². The Labute approximate surface area is 140 Å². The highest BCUT2D eigenvalue weighted by Crippen LogP contribution is 2.49. The third kappa shape index (κ3) is 2.24. The molecule has 0 aromatic carbocycles. The topological polar surface area (TPSA) is 49.8 Å². The number of nitrogens with zero attached hydrogens (tertiary/aromatic N) is 1. The number of ether oxygens (including phenoxy) is 1. The van der Waals surface area contributed by atoms with Crippen LogP contribution in [0.4, 0.5) is 4.79 Å². The number of thiophene rings is 1. The number of carboxylic acid groups (broad SMARTS) is 1. The van der Waals surface area contributed by atoms with Crippen molar-refractivity contribution in [2.24, 2.45) is 0 Å². The van der Waals surface area contributed by atoms with Gasteiger partial charge in [-0.2, -0.15) is 0 Å². The van der Waals surface area contributed by atoms with E-state index in [2.05, 4.69) is 22.6 Å². The van der Waals surface area contributed by atoms with Crippen molar-refractivity contribution >= 4 is 51.6 Å². The fraction of sp³-hybridized carbons (Fsp3) is 0.615. The maximum Gasteiger partial charge on any atom is 0.407 e. The SMILES string of the molecule is C[C@H]1CC2(CCN1C(=O)O)OCCc1c2sc(Cl)c1I. The highest BCUT2D eigenvalue weighted by Gasteiger charge is 2.46. The first-order valence-electron chi connectivity index (χ1n) is 6.55. The van der Waals surface area contributed by atoms with E-state index in [4.69, 9.17) is 16.3 Å². The van der Waals surface area contributed by atoms with Crippen LogP contribution in [0, 0.1) is 3.57 Å². The summed E-state index contributed by atoms with van der Waals surface area (Å²) in [4.78, 5) is 13.9. The van der Waals surface area contributed by atoms with Crippen molar-refractivity contribution in [2.75, 3.05) is 13.2 Å². The lowest BCUT2D eigenvalue weighted by molar-refractivity contribution is -0.104. The van der Waals surface area contributed by atoms with E-state index in [9.17, 15) is 9.90 Å². The standard InChI is InChI=1S/C13H15ClINO3S/c1-7-6-13(3-4-16(7)12(17)18)10-8(2-5-19-13)9(15)11(14)20-10/h7H,2-6H2,1H3,(H,17,18)/t7-,13?/m0/s1. The fourth-order valence-corrected chi connectivity index (χ4v) is 5.80. The van der Waals surface area contributed by atoms with E-state index < -0.39 is 6.09 Å². The number of carbonyl (C=O) groups is 1. The van der Waals surface area contributed by atoms with E-state index in [-0.39, 0.29) is 11.6 Å². The Morgan fingerprint density at radius 2 is 2.40 bits per heavy atom. The predicted molar refractivity (Wildman–Crippen MR) is 86.8 cm³/mol. The molecule has 3 heterocycles. The van der Waals surface area contributed by atoms with Crippen molar-refractivity contribution in [3.8, 4) is 0 Å². The van der Waals surface area contributed by atoms with E-state index in [0.717, 1.165) is 14.3 Å². The van der Waals surface area contributed by atoms with Gasteiger partial charge in [0, 0.05) is 27.5 Å². The van der Waals surface area contributed by atoms with Crippen LogP contribution in [0.25, 0.3) is 0 Å². The minimum absolute atomic E-state index is 0.0364. The Kier molecular flexibility index (Phi) is 3.94. The van der Waals surface area contributed by atoms with E-state index in [0.29, 0.717) is 26.0 Å². The quantitative estimate of drug-likeness (QED) is 0.638. The van der Waals surface area contributed by atoms with Crippen LogP contribution in [0.15, 0.2) is 0 Å². The zero-order valence-corrected chi connectivity index (χ0v) is 14.7. The molecule has 110 valence electrons. The highest BCUT2D eigenvalue weighted by atomic mass is 127. The third-order valence-corrected chi connectivity index (χ3v) is 7.71. The minimum Gasteiger partial charge on any atom is -0.465 e. The van der Waals surface area contributed by atoms with Gasteiger partial charge >= 0.3 is 6.09 Å². The van der Waals surface area contributed by atoms with E-state index in [1.807, 2.05) is 6.92 Å². The van der Waals surface area contributed by atoms with Crippen molar-refractivity contribution in [3.63, 3.8) is 0 Å². The lowest BCUT2D eigenvalue weighted by Gasteiger charge is -2.46. The molecular formula is C13H15ClINO3S. The molecule has 2 atom stereocenters. The van der Waals surface area contributed by atoms with Crippen molar-refractivity contribution in [1.82, 2.24) is 4.90 Å². The lowest BCUT2D eigenvalue weighted by Crippen LogP contribution is -2.51. The predicted octanol–water partition coefficient (Wildman–Crippen LogP) is 3.94. The molecule has 2 aliphatic heterocycles. The summed E-state index contributed by atoms with van der Waals surface area (Å²) in [5.74, 6) is 0. The van der Waals surface area contributed by atoms with Gasteiger partial charge < -0.3 is 14.7 Å². The second-order valence-electron chi connectivity index (χ2n) is 5.37. The van der Waals surface area contributed by atoms with Gasteiger partial charge in [0.15, 0.2) is 0 Å². The van der Waals surface area contributed by atoms with Gasteiger partial charge in [0.05, 0.1) is 6.61 Å². The summed E-state index contributed by atoms with van der Waals surface area (Å²) in [6.45, 7) is 3.16. The molecule has 20 heavy (non-hydrogen) atoms. The molecule has 0 radical (unpaired) electrons. The number of piperidine rings is 1.